The molecule has 0 saturated carbocycles. The summed E-state index contributed by atoms with van der Waals surface area (Å²) in [5.41, 5.74) is 0. The highest BCUT2D eigenvalue weighted by Gasteiger charge is 2.24. The zero-order valence-corrected chi connectivity index (χ0v) is 12.3. The predicted molar refractivity (Wildman–Crippen MR) is 77.1 cm³/mol. The van der Waals surface area contributed by atoms with E-state index in [1.807, 2.05) is 0 Å². The second-order valence-corrected chi connectivity index (χ2v) is 6.07. The maximum absolute atomic E-state index is 11.9. The second kappa shape index (κ2) is 7.22. The summed E-state index contributed by atoms with van der Waals surface area (Å²) < 4.78 is 0. The molecule has 1 atom stereocenters. The Labute approximate surface area is 116 Å². The highest BCUT2D eigenvalue weighted by molar-refractivity contribution is 5.78. The summed E-state index contributed by atoms with van der Waals surface area (Å²) in [6, 6.07) is 0.626. The van der Waals surface area contributed by atoms with Crippen molar-refractivity contribution in [2.75, 3.05) is 52.4 Å². The molecule has 2 fully saturated rings. The SMILES string of the molecule is CC(C)N1CCC(CNC(=O)CN2CCNCC2)C1. The molecule has 2 saturated heterocycles. The van der Waals surface area contributed by atoms with Crippen LogP contribution in [0.2, 0.25) is 0 Å². The highest BCUT2D eigenvalue weighted by atomic mass is 16.2. The van der Waals surface area contributed by atoms with Gasteiger partial charge in [-0.1, -0.05) is 0 Å². The summed E-state index contributed by atoms with van der Waals surface area (Å²) in [7, 11) is 0. The van der Waals surface area contributed by atoms with Gasteiger partial charge in [-0.15, -0.1) is 0 Å². The van der Waals surface area contributed by atoms with Gasteiger partial charge in [0.15, 0.2) is 0 Å². The van der Waals surface area contributed by atoms with Crippen LogP contribution in [0.4, 0.5) is 0 Å². The summed E-state index contributed by atoms with van der Waals surface area (Å²) in [4.78, 5) is 16.6. The van der Waals surface area contributed by atoms with E-state index >= 15 is 0 Å². The normalized spacial score (nSPS) is 25.9. The number of nitrogens with one attached hydrogen (secondary N) is 2. The Morgan fingerprint density at radius 3 is 2.68 bits per heavy atom. The predicted octanol–water partition coefficient (Wildman–Crippen LogP) is -0.262. The number of hydrogen-bond donors (Lipinski definition) is 2. The molecule has 0 spiro atoms. The first-order valence-corrected chi connectivity index (χ1v) is 7.59. The molecule has 0 aromatic carbocycles. The van der Waals surface area contributed by atoms with Crippen LogP contribution >= 0.6 is 0 Å². The van der Waals surface area contributed by atoms with Crippen LogP contribution in [-0.2, 0) is 4.79 Å². The minimum atomic E-state index is 0.185. The molecule has 5 nitrogen and oxygen atoms in total. The Hall–Kier alpha value is -0.650. The lowest BCUT2D eigenvalue weighted by atomic mass is 10.1. The molecular formula is C14H28N4O. The molecule has 0 aromatic heterocycles. The van der Waals surface area contributed by atoms with Gasteiger partial charge in [-0.05, 0) is 32.7 Å². The van der Waals surface area contributed by atoms with Crippen LogP contribution in [0.5, 0.6) is 0 Å². The van der Waals surface area contributed by atoms with E-state index in [0.29, 0.717) is 18.5 Å². The first kappa shape index (κ1) is 14.8. The first-order chi connectivity index (χ1) is 9.15. The Bertz CT molecular complexity index is 289. The summed E-state index contributed by atoms with van der Waals surface area (Å²) in [6.07, 6.45) is 1.21. The van der Waals surface area contributed by atoms with Crippen molar-refractivity contribution in [1.82, 2.24) is 20.4 Å². The van der Waals surface area contributed by atoms with Crippen molar-refractivity contribution in [2.45, 2.75) is 26.3 Å². The van der Waals surface area contributed by atoms with Gasteiger partial charge in [0, 0.05) is 45.3 Å². The maximum Gasteiger partial charge on any atom is 0.234 e. The fraction of sp³-hybridized carbons (Fsp3) is 0.929. The van der Waals surface area contributed by atoms with E-state index in [1.165, 1.54) is 13.0 Å². The summed E-state index contributed by atoms with van der Waals surface area (Å²) >= 11 is 0. The monoisotopic (exact) mass is 268 g/mol. The highest BCUT2D eigenvalue weighted by Crippen LogP contribution is 2.17. The average molecular weight is 268 g/mol. The molecule has 0 aromatic rings. The van der Waals surface area contributed by atoms with E-state index < -0.39 is 0 Å². The van der Waals surface area contributed by atoms with E-state index in [2.05, 4.69) is 34.3 Å². The van der Waals surface area contributed by atoms with E-state index in [-0.39, 0.29) is 5.91 Å². The van der Waals surface area contributed by atoms with Gasteiger partial charge in [0.1, 0.15) is 0 Å². The largest absolute Gasteiger partial charge is 0.355 e. The minimum Gasteiger partial charge on any atom is -0.355 e. The summed E-state index contributed by atoms with van der Waals surface area (Å²) in [6.45, 7) is 12.2. The minimum absolute atomic E-state index is 0.185. The molecule has 0 radical (unpaired) electrons. The Kier molecular flexibility index (Phi) is 5.60. The van der Waals surface area contributed by atoms with E-state index in [0.717, 1.165) is 39.3 Å². The number of nitrogens with zero attached hydrogens (tertiary/aromatic N) is 2. The molecule has 2 aliphatic heterocycles. The first-order valence-electron chi connectivity index (χ1n) is 7.59. The van der Waals surface area contributed by atoms with Gasteiger partial charge >= 0.3 is 0 Å². The molecule has 0 aliphatic carbocycles. The van der Waals surface area contributed by atoms with Gasteiger partial charge < -0.3 is 15.5 Å². The molecule has 2 aliphatic rings. The van der Waals surface area contributed by atoms with Crippen LogP contribution in [-0.4, -0.2) is 74.1 Å². The smallest absolute Gasteiger partial charge is 0.234 e. The zero-order valence-electron chi connectivity index (χ0n) is 12.3. The summed E-state index contributed by atoms with van der Waals surface area (Å²) in [5.74, 6) is 0.819. The average Bonchev–Trinajstić information content (AvgIpc) is 2.86. The van der Waals surface area contributed by atoms with Crippen molar-refractivity contribution >= 4 is 5.91 Å². The molecule has 0 bridgehead atoms. The molecule has 2 heterocycles. The molecule has 2 N–H and O–H groups in total. The second-order valence-electron chi connectivity index (χ2n) is 6.07. The third-order valence-corrected chi connectivity index (χ3v) is 4.21. The van der Waals surface area contributed by atoms with Gasteiger partial charge in [-0.3, -0.25) is 9.69 Å². The Morgan fingerprint density at radius 2 is 2.05 bits per heavy atom. The molecule has 2 rings (SSSR count). The lowest BCUT2D eigenvalue weighted by molar-refractivity contribution is -0.122. The van der Waals surface area contributed by atoms with Crippen molar-refractivity contribution in [3.8, 4) is 0 Å². The molecular weight excluding hydrogens is 240 g/mol. The van der Waals surface area contributed by atoms with E-state index in [9.17, 15) is 4.79 Å². The maximum atomic E-state index is 11.9. The number of amides is 1. The number of hydrogen-bond acceptors (Lipinski definition) is 4. The van der Waals surface area contributed by atoms with Crippen LogP contribution in [0.1, 0.15) is 20.3 Å². The van der Waals surface area contributed by atoms with Crippen molar-refractivity contribution in [3.63, 3.8) is 0 Å². The topological polar surface area (TPSA) is 47.6 Å². The third kappa shape index (κ3) is 4.75. The van der Waals surface area contributed by atoms with Gasteiger partial charge in [-0.2, -0.15) is 0 Å². The molecule has 110 valence electrons. The van der Waals surface area contributed by atoms with Gasteiger partial charge in [0.2, 0.25) is 5.91 Å². The lowest BCUT2D eigenvalue weighted by Crippen LogP contribution is -2.48. The number of carbonyl (C=O) groups excluding carboxylic acids is 1. The van der Waals surface area contributed by atoms with Crippen molar-refractivity contribution in [2.24, 2.45) is 5.92 Å². The van der Waals surface area contributed by atoms with Crippen LogP contribution in [0, 0.1) is 5.92 Å². The number of rotatable bonds is 5. The third-order valence-electron chi connectivity index (χ3n) is 4.21. The zero-order chi connectivity index (χ0) is 13.7. The van der Waals surface area contributed by atoms with Crippen molar-refractivity contribution in [3.05, 3.63) is 0 Å². The van der Waals surface area contributed by atoms with Gasteiger partial charge in [0.05, 0.1) is 6.54 Å². The van der Waals surface area contributed by atoms with Crippen molar-refractivity contribution < 1.29 is 4.79 Å². The van der Waals surface area contributed by atoms with E-state index in [1.54, 1.807) is 0 Å². The number of piperazine rings is 1. The standard InChI is InChI=1S/C14H28N4O/c1-12(2)18-6-3-13(10-18)9-16-14(19)11-17-7-4-15-5-8-17/h12-13,15H,3-11H2,1-2H3,(H,16,19). The lowest BCUT2D eigenvalue weighted by Gasteiger charge is -2.26. The molecule has 1 unspecified atom stereocenters. The molecule has 19 heavy (non-hydrogen) atoms. The van der Waals surface area contributed by atoms with Crippen LogP contribution in [0.15, 0.2) is 0 Å². The van der Waals surface area contributed by atoms with Crippen LogP contribution < -0.4 is 10.6 Å². The fourth-order valence-corrected chi connectivity index (χ4v) is 2.88. The molecule has 5 heteroatoms. The van der Waals surface area contributed by atoms with Gasteiger partial charge in [0.25, 0.3) is 0 Å². The number of likely N-dealkylation sites (tertiary alicyclic amines) is 1. The Morgan fingerprint density at radius 1 is 1.32 bits per heavy atom. The van der Waals surface area contributed by atoms with Crippen LogP contribution in [0.3, 0.4) is 0 Å². The van der Waals surface area contributed by atoms with E-state index in [4.69, 9.17) is 0 Å². The summed E-state index contributed by atoms with van der Waals surface area (Å²) in [5, 5.41) is 6.40. The number of carbonyl (C=O) groups is 1. The quantitative estimate of drug-likeness (QED) is 0.721. The van der Waals surface area contributed by atoms with Gasteiger partial charge in [-0.25, -0.2) is 0 Å². The van der Waals surface area contributed by atoms with Crippen molar-refractivity contribution in [1.29, 1.82) is 0 Å². The Balaban J connectivity index is 1.61. The fourth-order valence-electron chi connectivity index (χ4n) is 2.88. The molecule has 1 amide bonds. The van der Waals surface area contributed by atoms with Crippen LogP contribution in [0.25, 0.3) is 0 Å².